The molecule has 2 saturated heterocycles. The van der Waals surface area contributed by atoms with Crippen LogP contribution in [0.1, 0.15) is 12.7 Å². The number of aromatic nitrogens is 3. The lowest BCUT2D eigenvalue weighted by atomic mass is 10.2. The molecule has 8 nitrogen and oxygen atoms in total. The van der Waals surface area contributed by atoms with Crippen molar-refractivity contribution in [2.75, 3.05) is 57.3 Å². The Balaban J connectivity index is 1.46. The fourth-order valence-electron chi connectivity index (χ4n) is 2.91. The molecular formula is C14H24N6O2. The number of aryl methyl sites for hydroxylation is 1. The van der Waals surface area contributed by atoms with Crippen LogP contribution in [0, 0.1) is 6.92 Å². The van der Waals surface area contributed by atoms with Crippen molar-refractivity contribution in [3.05, 3.63) is 5.82 Å². The van der Waals surface area contributed by atoms with Crippen molar-refractivity contribution in [3.8, 4) is 0 Å². The van der Waals surface area contributed by atoms with Crippen LogP contribution in [0.3, 0.4) is 0 Å². The third-order valence-corrected chi connectivity index (χ3v) is 4.19. The van der Waals surface area contributed by atoms with Gasteiger partial charge in [0.2, 0.25) is 11.9 Å². The fraction of sp³-hybridized carbons (Fsp3) is 0.786. The van der Waals surface area contributed by atoms with E-state index in [-0.39, 0.29) is 12.0 Å². The Morgan fingerprint density at radius 1 is 1.32 bits per heavy atom. The van der Waals surface area contributed by atoms with Crippen LogP contribution in [-0.2, 0) is 9.53 Å². The van der Waals surface area contributed by atoms with Crippen molar-refractivity contribution in [2.24, 2.45) is 0 Å². The zero-order chi connectivity index (χ0) is 15.5. The highest BCUT2D eigenvalue weighted by atomic mass is 16.5. The standard InChI is InChI=1S/C14H24N6O2/c1-11-9-20(7-8-22-11)13(21)10-18-3-5-19(6-4-18)14-15-12(2)16-17-14/h11H,3-10H2,1-2H3,(H,15,16,17). The van der Waals surface area contributed by atoms with E-state index in [0.717, 1.165) is 38.0 Å². The Morgan fingerprint density at radius 3 is 2.73 bits per heavy atom. The molecule has 0 spiro atoms. The number of hydrogen-bond donors (Lipinski definition) is 1. The second kappa shape index (κ2) is 6.62. The van der Waals surface area contributed by atoms with Gasteiger partial charge in [-0.25, -0.2) is 0 Å². The molecule has 0 radical (unpaired) electrons. The van der Waals surface area contributed by atoms with Gasteiger partial charge in [0, 0.05) is 39.3 Å². The molecule has 0 bridgehead atoms. The van der Waals surface area contributed by atoms with E-state index >= 15 is 0 Å². The Morgan fingerprint density at radius 2 is 2.09 bits per heavy atom. The van der Waals surface area contributed by atoms with Gasteiger partial charge in [0.05, 0.1) is 19.3 Å². The minimum Gasteiger partial charge on any atom is -0.375 e. The van der Waals surface area contributed by atoms with E-state index in [1.54, 1.807) is 0 Å². The molecule has 3 rings (SSSR count). The number of carbonyl (C=O) groups excluding carboxylic acids is 1. The lowest BCUT2D eigenvalue weighted by molar-refractivity contribution is -0.139. The molecule has 0 aromatic carbocycles. The van der Waals surface area contributed by atoms with Crippen LogP contribution >= 0.6 is 0 Å². The minimum atomic E-state index is 0.142. The predicted octanol–water partition coefficient (Wildman–Crippen LogP) is -0.518. The van der Waals surface area contributed by atoms with Crippen molar-refractivity contribution in [1.29, 1.82) is 0 Å². The normalized spacial score (nSPS) is 23.8. The molecule has 1 atom stereocenters. The van der Waals surface area contributed by atoms with Gasteiger partial charge in [-0.15, -0.1) is 5.10 Å². The van der Waals surface area contributed by atoms with Crippen molar-refractivity contribution < 1.29 is 9.53 Å². The van der Waals surface area contributed by atoms with Gasteiger partial charge < -0.3 is 14.5 Å². The summed E-state index contributed by atoms with van der Waals surface area (Å²) in [5, 5.41) is 7.06. The van der Waals surface area contributed by atoms with Gasteiger partial charge in [0.25, 0.3) is 0 Å². The first-order valence-electron chi connectivity index (χ1n) is 7.87. The molecule has 2 aliphatic rings. The first-order chi connectivity index (χ1) is 10.6. The number of hydrogen-bond acceptors (Lipinski definition) is 6. The first-order valence-corrected chi connectivity index (χ1v) is 7.87. The maximum atomic E-state index is 12.4. The molecule has 1 N–H and O–H groups in total. The zero-order valence-corrected chi connectivity index (χ0v) is 13.3. The lowest BCUT2D eigenvalue weighted by Crippen LogP contribution is -2.52. The van der Waals surface area contributed by atoms with Gasteiger partial charge in [-0.3, -0.25) is 14.8 Å². The number of rotatable bonds is 3. The van der Waals surface area contributed by atoms with Crippen molar-refractivity contribution in [3.63, 3.8) is 0 Å². The van der Waals surface area contributed by atoms with Crippen LogP contribution in [0.15, 0.2) is 0 Å². The first kappa shape index (κ1) is 15.2. The topological polar surface area (TPSA) is 77.6 Å². The molecule has 3 heterocycles. The van der Waals surface area contributed by atoms with Crippen LogP contribution in [-0.4, -0.2) is 89.4 Å². The summed E-state index contributed by atoms with van der Waals surface area (Å²) in [5.74, 6) is 1.79. The summed E-state index contributed by atoms with van der Waals surface area (Å²) in [6.45, 7) is 9.88. The molecule has 2 aliphatic heterocycles. The predicted molar refractivity (Wildman–Crippen MR) is 81.8 cm³/mol. The Bertz CT molecular complexity index is 511. The lowest BCUT2D eigenvalue weighted by Gasteiger charge is -2.36. The Hall–Kier alpha value is -1.67. The molecule has 8 heteroatoms. The molecule has 22 heavy (non-hydrogen) atoms. The van der Waals surface area contributed by atoms with E-state index in [1.807, 2.05) is 18.7 Å². The molecule has 1 aromatic heterocycles. The number of nitrogens with zero attached hydrogens (tertiary/aromatic N) is 5. The number of anilines is 1. The van der Waals surface area contributed by atoms with Crippen LogP contribution in [0.4, 0.5) is 5.95 Å². The fourth-order valence-corrected chi connectivity index (χ4v) is 2.91. The van der Waals surface area contributed by atoms with Gasteiger partial charge in [-0.2, -0.15) is 4.98 Å². The summed E-state index contributed by atoms with van der Waals surface area (Å²) in [7, 11) is 0. The number of H-pyrrole nitrogens is 1. The molecule has 1 amide bonds. The zero-order valence-electron chi connectivity index (χ0n) is 13.3. The summed E-state index contributed by atoms with van der Waals surface area (Å²) < 4.78 is 5.48. The highest BCUT2D eigenvalue weighted by Gasteiger charge is 2.25. The quantitative estimate of drug-likeness (QED) is 0.810. The number of amides is 1. The van der Waals surface area contributed by atoms with Crippen molar-refractivity contribution >= 4 is 11.9 Å². The summed E-state index contributed by atoms with van der Waals surface area (Å²) in [4.78, 5) is 23.0. The Kier molecular flexibility index (Phi) is 4.58. The van der Waals surface area contributed by atoms with Crippen LogP contribution < -0.4 is 4.90 Å². The average molecular weight is 308 g/mol. The maximum Gasteiger partial charge on any atom is 0.244 e. The number of nitrogens with one attached hydrogen (secondary N) is 1. The molecule has 0 saturated carbocycles. The highest BCUT2D eigenvalue weighted by molar-refractivity contribution is 5.78. The average Bonchev–Trinajstić information content (AvgIpc) is 2.94. The SMILES string of the molecule is Cc1nc(N2CCN(CC(=O)N3CCOC(C)C3)CC2)n[nH]1. The third kappa shape index (κ3) is 3.56. The molecular weight excluding hydrogens is 284 g/mol. The van der Waals surface area contributed by atoms with Gasteiger partial charge in [0.1, 0.15) is 5.82 Å². The van der Waals surface area contributed by atoms with Gasteiger partial charge in [-0.1, -0.05) is 0 Å². The van der Waals surface area contributed by atoms with Crippen LogP contribution in [0.2, 0.25) is 0 Å². The van der Waals surface area contributed by atoms with E-state index in [0.29, 0.717) is 26.2 Å². The Labute approximate surface area is 130 Å². The molecule has 1 unspecified atom stereocenters. The number of ether oxygens (including phenoxy) is 1. The maximum absolute atomic E-state index is 12.4. The molecule has 1 aromatic rings. The number of morpholine rings is 1. The van der Waals surface area contributed by atoms with Gasteiger partial charge in [-0.05, 0) is 13.8 Å². The summed E-state index contributed by atoms with van der Waals surface area (Å²) in [6, 6.07) is 0. The van der Waals surface area contributed by atoms with Crippen LogP contribution in [0.5, 0.6) is 0 Å². The van der Waals surface area contributed by atoms with Gasteiger partial charge >= 0.3 is 0 Å². The number of piperazine rings is 1. The second-order valence-corrected chi connectivity index (χ2v) is 6.01. The highest BCUT2D eigenvalue weighted by Crippen LogP contribution is 2.11. The largest absolute Gasteiger partial charge is 0.375 e. The third-order valence-electron chi connectivity index (χ3n) is 4.19. The van der Waals surface area contributed by atoms with Gasteiger partial charge in [0.15, 0.2) is 0 Å². The molecule has 0 aliphatic carbocycles. The summed E-state index contributed by atoms with van der Waals surface area (Å²) >= 11 is 0. The number of aromatic amines is 1. The van der Waals surface area contributed by atoms with E-state index in [2.05, 4.69) is 25.0 Å². The smallest absolute Gasteiger partial charge is 0.244 e. The van der Waals surface area contributed by atoms with Crippen molar-refractivity contribution in [2.45, 2.75) is 20.0 Å². The second-order valence-electron chi connectivity index (χ2n) is 6.01. The molecule has 2 fully saturated rings. The van der Waals surface area contributed by atoms with E-state index < -0.39 is 0 Å². The number of carbonyl (C=O) groups is 1. The van der Waals surface area contributed by atoms with E-state index in [9.17, 15) is 4.79 Å². The van der Waals surface area contributed by atoms with Crippen molar-refractivity contribution in [1.82, 2.24) is 25.0 Å². The summed E-state index contributed by atoms with van der Waals surface area (Å²) in [5.41, 5.74) is 0. The summed E-state index contributed by atoms with van der Waals surface area (Å²) in [6.07, 6.45) is 0.142. The monoisotopic (exact) mass is 308 g/mol. The minimum absolute atomic E-state index is 0.142. The van der Waals surface area contributed by atoms with E-state index in [4.69, 9.17) is 4.74 Å². The van der Waals surface area contributed by atoms with E-state index in [1.165, 1.54) is 0 Å². The molecule has 122 valence electrons. The van der Waals surface area contributed by atoms with Crippen LogP contribution in [0.25, 0.3) is 0 Å².